The Labute approximate surface area is 88.6 Å². The molecule has 0 saturated carbocycles. The van der Waals surface area contributed by atoms with Gasteiger partial charge in [-0.3, -0.25) is 9.59 Å². The molecule has 0 amide bonds. The first kappa shape index (κ1) is 15.8. The molecule has 0 aliphatic rings. The molecule has 0 aromatic rings. The second kappa shape index (κ2) is 4.22. The molecule has 0 aromatic heterocycles. The lowest BCUT2D eigenvalue weighted by molar-refractivity contribution is -0.232. The van der Waals surface area contributed by atoms with Crippen molar-refractivity contribution in [2.75, 3.05) is 0 Å². The lowest BCUT2D eigenvalue weighted by Crippen LogP contribution is -2.56. The maximum atomic E-state index is 12.6. The number of hydrogen-bond acceptors (Lipinski definition) is 2. The van der Waals surface area contributed by atoms with Gasteiger partial charge >= 0.3 is 23.8 Å². The van der Waals surface area contributed by atoms with Gasteiger partial charge in [0.15, 0.2) is 6.17 Å². The van der Waals surface area contributed by atoms with Gasteiger partial charge in [0.05, 0.1) is 0 Å². The highest BCUT2D eigenvalue weighted by Crippen LogP contribution is 2.40. The first-order valence-electron chi connectivity index (χ1n) is 3.82. The number of carbonyl (C=O) groups is 2. The van der Waals surface area contributed by atoms with Crippen molar-refractivity contribution < 1.29 is 44.7 Å². The van der Waals surface area contributed by atoms with Crippen LogP contribution in [0.15, 0.2) is 0 Å². The summed E-state index contributed by atoms with van der Waals surface area (Å²) in [4.78, 5) is 20.4. The van der Waals surface area contributed by atoms with E-state index in [1.165, 1.54) is 0 Å². The Morgan fingerprint density at radius 3 is 1.47 bits per heavy atom. The van der Waals surface area contributed by atoms with Crippen LogP contribution in [-0.2, 0) is 9.59 Å². The molecule has 0 aliphatic heterocycles. The third-order valence-corrected chi connectivity index (χ3v) is 1.67. The summed E-state index contributed by atoms with van der Waals surface area (Å²) < 4.78 is 96.9. The summed E-state index contributed by atoms with van der Waals surface area (Å²) >= 11 is 0. The van der Waals surface area contributed by atoms with Crippen molar-refractivity contribution in [2.45, 2.75) is 31.1 Å². The molecule has 0 aromatic carbocycles. The number of halogens is 8. The van der Waals surface area contributed by atoms with Gasteiger partial charge < -0.3 is 0 Å². The van der Waals surface area contributed by atoms with Crippen LogP contribution in [0.25, 0.3) is 0 Å². The van der Waals surface area contributed by atoms with Crippen molar-refractivity contribution in [1.29, 1.82) is 0 Å². The van der Waals surface area contributed by atoms with Crippen LogP contribution < -0.4 is 0 Å². The van der Waals surface area contributed by atoms with Crippen LogP contribution >= 0.6 is 0 Å². The number of alkyl halides is 8. The van der Waals surface area contributed by atoms with Crippen LogP contribution in [-0.4, -0.2) is 35.8 Å². The van der Waals surface area contributed by atoms with Crippen molar-refractivity contribution >= 4 is 11.6 Å². The quantitative estimate of drug-likeness (QED) is 0.581. The van der Waals surface area contributed by atoms with Crippen LogP contribution in [0, 0.1) is 0 Å². The van der Waals surface area contributed by atoms with E-state index in [0.717, 1.165) is 0 Å². The predicted octanol–water partition coefficient (Wildman–Crippen LogP) is 2.32. The van der Waals surface area contributed by atoms with Gasteiger partial charge in [-0.1, -0.05) is 0 Å². The van der Waals surface area contributed by atoms with E-state index in [-0.39, 0.29) is 6.92 Å². The summed E-state index contributed by atoms with van der Waals surface area (Å²) in [7, 11) is 0. The van der Waals surface area contributed by atoms with Gasteiger partial charge in [0, 0.05) is 0 Å². The van der Waals surface area contributed by atoms with Crippen molar-refractivity contribution in [3.63, 3.8) is 0 Å². The van der Waals surface area contributed by atoms with E-state index in [4.69, 9.17) is 0 Å². The Hall–Kier alpha value is -1.22. The van der Waals surface area contributed by atoms with Crippen LogP contribution in [0.2, 0.25) is 0 Å². The molecule has 0 radical (unpaired) electrons. The van der Waals surface area contributed by atoms with Crippen LogP contribution in [0.1, 0.15) is 6.92 Å². The van der Waals surface area contributed by atoms with Crippen molar-refractivity contribution in [3.8, 4) is 0 Å². The van der Waals surface area contributed by atoms with Gasteiger partial charge in [0.25, 0.3) is 5.78 Å². The molecule has 1 unspecified atom stereocenters. The minimum Gasteiger partial charge on any atom is -0.283 e. The summed E-state index contributed by atoms with van der Waals surface area (Å²) in [5, 5.41) is 0. The van der Waals surface area contributed by atoms with E-state index in [2.05, 4.69) is 0 Å². The Bertz CT molecular complexity index is 329. The topological polar surface area (TPSA) is 34.1 Å². The molecule has 0 N–H and O–H groups in total. The SMILES string of the molecule is CC(F)C(F)(F)C(F)(F)C(=O)C(=O)C(F)(F)F. The average Bonchev–Trinajstić information content (AvgIpc) is 2.13. The van der Waals surface area contributed by atoms with Crippen molar-refractivity contribution in [1.82, 2.24) is 0 Å². The summed E-state index contributed by atoms with van der Waals surface area (Å²) in [6.45, 7) is -0.0841. The molecule has 2 nitrogen and oxygen atoms in total. The molecule has 0 rings (SSSR count). The highest BCUT2D eigenvalue weighted by atomic mass is 19.4. The second-order valence-corrected chi connectivity index (χ2v) is 2.97. The van der Waals surface area contributed by atoms with Gasteiger partial charge in [-0.2, -0.15) is 30.7 Å². The monoisotopic (exact) mass is 272 g/mol. The fourth-order valence-electron chi connectivity index (χ4n) is 0.672. The lowest BCUT2D eigenvalue weighted by atomic mass is 10.0. The molecule has 0 heterocycles. The highest BCUT2D eigenvalue weighted by molar-refractivity contribution is 6.42. The number of rotatable bonds is 4. The van der Waals surface area contributed by atoms with E-state index in [0.29, 0.717) is 0 Å². The molecule has 10 heteroatoms. The van der Waals surface area contributed by atoms with E-state index in [9.17, 15) is 44.7 Å². The summed E-state index contributed by atoms with van der Waals surface area (Å²) in [5.41, 5.74) is 0. The zero-order valence-electron chi connectivity index (χ0n) is 7.92. The molecular weight excluding hydrogens is 268 g/mol. The first-order valence-corrected chi connectivity index (χ1v) is 3.82. The second-order valence-electron chi connectivity index (χ2n) is 2.97. The predicted molar refractivity (Wildman–Crippen MR) is 36.5 cm³/mol. The van der Waals surface area contributed by atoms with Gasteiger partial charge in [0.1, 0.15) is 0 Å². The smallest absolute Gasteiger partial charge is 0.283 e. The number of ketones is 2. The Balaban J connectivity index is 5.36. The van der Waals surface area contributed by atoms with E-state index in [1.54, 1.807) is 0 Å². The molecule has 0 fully saturated rings. The van der Waals surface area contributed by atoms with Crippen LogP contribution in [0.3, 0.4) is 0 Å². The van der Waals surface area contributed by atoms with Crippen molar-refractivity contribution in [2.24, 2.45) is 0 Å². The van der Waals surface area contributed by atoms with E-state index >= 15 is 0 Å². The van der Waals surface area contributed by atoms with Gasteiger partial charge in [0.2, 0.25) is 0 Å². The summed E-state index contributed by atoms with van der Waals surface area (Å²) in [6.07, 6.45) is -9.64. The maximum absolute atomic E-state index is 12.6. The molecule has 0 saturated heterocycles. The molecular formula is C7H4F8O2. The Morgan fingerprint density at radius 1 is 0.882 bits per heavy atom. The normalized spacial score (nSPS) is 15.6. The fourth-order valence-corrected chi connectivity index (χ4v) is 0.672. The molecule has 1 atom stereocenters. The molecule has 0 bridgehead atoms. The van der Waals surface area contributed by atoms with Gasteiger partial charge in [-0.05, 0) is 6.92 Å². The fraction of sp³-hybridized carbons (Fsp3) is 0.714. The summed E-state index contributed by atoms with van der Waals surface area (Å²) in [6, 6.07) is 0. The average molecular weight is 272 g/mol. The summed E-state index contributed by atoms with van der Waals surface area (Å²) in [5.74, 6) is -19.1. The zero-order valence-corrected chi connectivity index (χ0v) is 7.92. The molecule has 0 aliphatic carbocycles. The number of Topliss-reactive ketones (excluding diaryl/α,β-unsaturated/α-hetero) is 2. The highest BCUT2D eigenvalue weighted by Gasteiger charge is 2.69. The minimum atomic E-state index is -6.06. The Morgan fingerprint density at radius 2 is 1.24 bits per heavy atom. The number of carbonyl (C=O) groups excluding carboxylic acids is 2. The number of hydrogen-bond donors (Lipinski definition) is 0. The largest absolute Gasteiger partial charge is 0.458 e. The van der Waals surface area contributed by atoms with Crippen LogP contribution in [0.5, 0.6) is 0 Å². The zero-order chi connectivity index (χ0) is 14.2. The third-order valence-electron chi connectivity index (χ3n) is 1.67. The molecule has 100 valence electrons. The van der Waals surface area contributed by atoms with E-state index < -0.39 is 35.8 Å². The molecule has 17 heavy (non-hydrogen) atoms. The third kappa shape index (κ3) is 2.72. The maximum Gasteiger partial charge on any atom is 0.458 e. The van der Waals surface area contributed by atoms with Gasteiger partial charge in [-0.15, -0.1) is 0 Å². The van der Waals surface area contributed by atoms with Gasteiger partial charge in [-0.25, -0.2) is 4.39 Å². The first-order chi connectivity index (χ1) is 7.26. The minimum absolute atomic E-state index is 0.0841. The lowest BCUT2D eigenvalue weighted by Gasteiger charge is -2.25. The van der Waals surface area contributed by atoms with Crippen molar-refractivity contribution in [3.05, 3.63) is 0 Å². The van der Waals surface area contributed by atoms with E-state index in [1.807, 2.05) is 0 Å². The van der Waals surface area contributed by atoms with Crippen LogP contribution in [0.4, 0.5) is 35.1 Å². The molecule has 0 spiro atoms. The standard InChI is InChI=1S/C7H4F8O2/c1-2(8)5(9,10)6(11,12)3(16)4(17)7(13,14)15/h2H,1H3. The Kier molecular flexibility index (Phi) is 3.92.